The second-order valence-electron chi connectivity index (χ2n) is 4.73. The number of hydrogen-bond acceptors (Lipinski definition) is 3. The third-order valence-corrected chi connectivity index (χ3v) is 6.41. The van der Waals surface area contributed by atoms with Gasteiger partial charge in [-0.2, -0.15) is 13.2 Å². The molecule has 3 aromatic rings. The van der Waals surface area contributed by atoms with Gasteiger partial charge >= 0.3 is 6.18 Å². The molecule has 8 heteroatoms. The molecule has 0 unspecified atom stereocenters. The quantitative estimate of drug-likeness (QED) is 0.745. The summed E-state index contributed by atoms with van der Waals surface area (Å²) < 4.78 is 63.2. The van der Waals surface area contributed by atoms with Crippen LogP contribution in [0.15, 0.2) is 63.3 Å². The van der Waals surface area contributed by atoms with E-state index in [2.05, 4.69) is 4.98 Å². The van der Waals surface area contributed by atoms with Gasteiger partial charge in [-0.15, -0.1) is 11.3 Å². The van der Waals surface area contributed by atoms with Crippen LogP contribution in [-0.4, -0.2) is 13.4 Å². The number of rotatable bonds is 3. The summed E-state index contributed by atoms with van der Waals surface area (Å²) in [5.41, 5.74) is -0.0408. The zero-order chi connectivity index (χ0) is 16.7. The van der Waals surface area contributed by atoms with Crippen LogP contribution in [0.4, 0.5) is 13.2 Å². The van der Waals surface area contributed by atoms with Gasteiger partial charge in [-0.3, -0.25) is 0 Å². The lowest BCUT2D eigenvalue weighted by atomic mass is 10.1. The number of halogens is 3. The minimum Gasteiger partial charge on any atom is -0.352 e. The molecule has 0 saturated heterocycles. The highest BCUT2D eigenvalue weighted by Crippen LogP contribution is 2.34. The standard InChI is InChI=1S/C15H10F3NO2S2/c16-15(17,18)11-5-3-10(4-6-11)12-7-8-19-14(12)23(20,21)13-2-1-9-22-13/h1-9,19H. The van der Waals surface area contributed by atoms with E-state index < -0.39 is 21.6 Å². The van der Waals surface area contributed by atoms with Crippen LogP contribution in [0.2, 0.25) is 0 Å². The number of aromatic nitrogens is 1. The Morgan fingerprint density at radius 3 is 2.26 bits per heavy atom. The Bertz CT molecular complexity index is 909. The highest BCUT2D eigenvalue weighted by molar-refractivity contribution is 7.93. The number of alkyl halides is 3. The van der Waals surface area contributed by atoms with Crippen molar-refractivity contribution in [1.82, 2.24) is 4.98 Å². The SMILES string of the molecule is O=S(=O)(c1cccs1)c1[nH]ccc1-c1ccc(C(F)(F)F)cc1. The first kappa shape index (κ1) is 15.8. The molecule has 0 atom stereocenters. The highest BCUT2D eigenvalue weighted by Gasteiger charge is 2.30. The summed E-state index contributed by atoms with van der Waals surface area (Å²) in [4.78, 5) is 2.67. The normalized spacial score (nSPS) is 12.5. The molecule has 23 heavy (non-hydrogen) atoms. The number of aromatic amines is 1. The largest absolute Gasteiger partial charge is 0.416 e. The molecule has 120 valence electrons. The summed E-state index contributed by atoms with van der Waals surface area (Å²) in [6, 6.07) is 9.03. The van der Waals surface area contributed by atoms with Gasteiger partial charge in [-0.05, 0) is 35.2 Å². The lowest BCUT2D eigenvalue weighted by Crippen LogP contribution is -2.04. The molecule has 0 aliphatic heterocycles. The lowest BCUT2D eigenvalue weighted by Gasteiger charge is -2.08. The fourth-order valence-corrected chi connectivity index (χ4v) is 4.69. The predicted molar refractivity (Wildman–Crippen MR) is 81.0 cm³/mol. The van der Waals surface area contributed by atoms with E-state index in [1.165, 1.54) is 30.5 Å². The summed E-state index contributed by atoms with van der Waals surface area (Å²) in [5, 5.41) is 1.62. The van der Waals surface area contributed by atoms with Gasteiger partial charge in [0.1, 0.15) is 9.24 Å². The summed E-state index contributed by atoms with van der Waals surface area (Å²) >= 11 is 1.08. The Labute approximate surface area is 134 Å². The third kappa shape index (κ3) is 2.91. The second-order valence-corrected chi connectivity index (χ2v) is 7.79. The Morgan fingerprint density at radius 2 is 1.70 bits per heavy atom. The minimum atomic E-state index is -4.43. The van der Waals surface area contributed by atoms with Gasteiger partial charge in [-0.1, -0.05) is 18.2 Å². The molecule has 0 bridgehead atoms. The monoisotopic (exact) mass is 357 g/mol. The molecule has 2 heterocycles. The van der Waals surface area contributed by atoms with E-state index in [4.69, 9.17) is 0 Å². The molecule has 1 N–H and O–H groups in total. The maximum absolute atomic E-state index is 12.6. The van der Waals surface area contributed by atoms with Crippen LogP contribution >= 0.6 is 11.3 Å². The molecule has 0 saturated carbocycles. The molecular weight excluding hydrogens is 347 g/mol. The van der Waals surface area contributed by atoms with Crippen LogP contribution in [0.3, 0.4) is 0 Å². The van der Waals surface area contributed by atoms with Crippen molar-refractivity contribution in [1.29, 1.82) is 0 Å². The number of sulfone groups is 1. The van der Waals surface area contributed by atoms with E-state index in [1.807, 2.05) is 0 Å². The van der Waals surface area contributed by atoms with Crippen molar-refractivity contribution in [2.45, 2.75) is 15.4 Å². The maximum Gasteiger partial charge on any atom is 0.416 e. The summed E-state index contributed by atoms with van der Waals surface area (Å²) in [7, 11) is -3.73. The van der Waals surface area contributed by atoms with E-state index in [0.717, 1.165) is 23.5 Å². The Kier molecular flexibility index (Phi) is 3.81. The first-order valence-corrected chi connectivity index (χ1v) is 8.80. The van der Waals surface area contributed by atoms with E-state index in [9.17, 15) is 21.6 Å². The fraction of sp³-hybridized carbons (Fsp3) is 0.0667. The van der Waals surface area contributed by atoms with Crippen LogP contribution in [0, 0.1) is 0 Å². The van der Waals surface area contributed by atoms with E-state index >= 15 is 0 Å². The maximum atomic E-state index is 12.6. The van der Waals surface area contributed by atoms with Crippen molar-refractivity contribution in [3.8, 4) is 11.1 Å². The number of benzene rings is 1. The highest BCUT2D eigenvalue weighted by atomic mass is 32.2. The van der Waals surface area contributed by atoms with Gasteiger partial charge in [0.15, 0.2) is 0 Å². The first-order valence-electron chi connectivity index (χ1n) is 6.44. The van der Waals surface area contributed by atoms with Crippen molar-refractivity contribution in [3.05, 3.63) is 59.6 Å². The van der Waals surface area contributed by atoms with Gasteiger partial charge in [0.05, 0.1) is 5.56 Å². The molecule has 0 aliphatic carbocycles. The van der Waals surface area contributed by atoms with Crippen LogP contribution in [-0.2, 0) is 16.0 Å². The average Bonchev–Trinajstić information content (AvgIpc) is 3.18. The third-order valence-electron chi connectivity index (χ3n) is 3.26. The molecule has 2 aromatic heterocycles. The molecular formula is C15H10F3NO2S2. The van der Waals surface area contributed by atoms with Gasteiger partial charge in [0.2, 0.25) is 9.84 Å². The van der Waals surface area contributed by atoms with E-state index in [-0.39, 0.29) is 9.24 Å². The Hall–Kier alpha value is -2.06. The zero-order valence-electron chi connectivity index (χ0n) is 11.5. The van der Waals surface area contributed by atoms with Crippen LogP contribution in [0.25, 0.3) is 11.1 Å². The van der Waals surface area contributed by atoms with Crippen molar-refractivity contribution < 1.29 is 21.6 Å². The van der Waals surface area contributed by atoms with Gasteiger partial charge < -0.3 is 4.98 Å². The molecule has 0 aliphatic rings. The molecule has 3 rings (SSSR count). The first-order chi connectivity index (χ1) is 10.8. The van der Waals surface area contributed by atoms with E-state index in [0.29, 0.717) is 11.1 Å². The summed E-state index contributed by atoms with van der Waals surface area (Å²) in [6.07, 6.45) is -2.98. The second kappa shape index (κ2) is 5.54. The number of H-pyrrole nitrogens is 1. The van der Waals surface area contributed by atoms with Crippen LogP contribution in [0.1, 0.15) is 5.56 Å². The average molecular weight is 357 g/mol. The van der Waals surface area contributed by atoms with Crippen molar-refractivity contribution in [3.63, 3.8) is 0 Å². The van der Waals surface area contributed by atoms with Crippen molar-refractivity contribution in [2.75, 3.05) is 0 Å². The minimum absolute atomic E-state index is 0.0280. The fourth-order valence-electron chi connectivity index (χ4n) is 2.16. The van der Waals surface area contributed by atoms with E-state index in [1.54, 1.807) is 11.4 Å². The molecule has 0 amide bonds. The van der Waals surface area contributed by atoms with Gasteiger partial charge in [0, 0.05) is 11.8 Å². The number of nitrogens with one attached hydrogen (secondary N) is 1. The lowest BCUT2D eigenvalue weighted by molar-refractivity contribution is -0.137. The molecule has 0 fully saturated rings. The topological polar surface area (TPSA) is 49.9 Å². The zero-order valence-corrected chi connectivity index (χ0v) is 13.1. The number of thiophene rings is 1. The summed E-state index contributed by atoms with van der Waals surface area (Å²) in [5.74, 6) is 0. The molecule has 0 spiro atoms. The molecule has 1 aromatic carbocycles. The molecule has 0 radical (unpaired) electrons. The van der Waals surface area contributed by atoms with Crippen LogP contribution in [0.5, 0.6) is 0 Å². The van der Waals surface area contributed by atoms with Crippen molar-refractivity contribution in [2.24, 2.45) is 0 Å². The van der Waals surface area contributed by atoms with Crippen LogP contribution < -0.4 is 0 Å². The number of hydrogen-bond donors (Lipinski definition) is 1. The Morgan fingerprint density at radius 1 is 1.00 bits per heavy atom. The smallest absolute Gasteiger partial charge is 0.352 e. The van der Waals surface area contributed by atoms with Crippen molar-refractivity contribution >= 4 is 21.2 Å². The Balaban J connectivity index is 2.05. The predicted octanol–water partition coefficient (Wildman–Crippen LogP) is 4.59. The van der Waals surface area contributed by atoms with Gasteiger partial charge in [-0.25, -0.2) is 8.42 Å². The van der Waals surface area contributed by atoms with Gasteiger partial charge in [0.25, 0.3) is 0 Å². The summed E-state index contributed by atoms with van der Waals surface area (Å²) in [6.45, 7) is 0. The molecule has 3 nitrogen and oxygen atoms in total.